The van der Waals surface area contributed by atoms with E-state index in [1.54, 1.807) is 14.2 Å². The average Bonchev–Trinajstić information content (AvgIpc) is 3.04. The van der Waals surface area contributed by atoms with Crippen molar-refractivity contribution < 1.29 is 17.9 Å². The molecular formula is C15H18F3IN4OS. The quantitative estimate of drug-likeness (QED) is 0.385. The number of hydrogen-bond donors (Lipinski definition) is 2. The van der Waals surface area contributed by atoms with Gasteiger partial charge in [0.25, 0.3) is 0 Å². The van der Waals surface area contributed by atoms with E-state index in [4.69, 9.17) is 4.74 Å². The van der Waals surface area contributed by atoms with Crippen molar-refractivity contribution in [2.45, 2.75) is 19.3 Å². The Morgan fingerprint density at radius 1 is 1.24 bits per heavy atom. The van der Waals surface area contributed by atoms with Gasteiger partial charge >= 0.3 is 6.18 Å². The summed E-state index contributed by atoms with van der Waals surface area (Å²) in [6.07, 6.45) is -4.42. The molecule has 0 bridgehead atoms. The van der Waals surface area contributed by atoms with Crippen molar-refractivity contribution in [2.75, 3.05) is 14.2 Å². The minimum atomic E-state index is -4.42. The number of alkyl halides is 3. The lowest BCUT2D eigenvalue weighted by molar-refractivity contribution is -0.140. The van der Waals surface area contributed by atoms with Crippen LogP contribution in [0.3, 0.4) is 0 Å². The van der Waals surface area contributed by atoms with Crippen LogP contribution in [0.1, 0.15) is 16.3 Å². The predicted molar refractivity (Wildman–Crippen MR) is 103 cm³/mol. The van der Waals surface area contributed by atoms with Crippen LogP contribution in [0.4, 0.5) is 13.2 Å². The molecule has 0 aliphatic carbocycles. The van der Waals surface area contributed by atoms with Gasteiger partial charge in [-0.1, -0.05) is 18.2 Å². The van der Waals surface area contributed by atoms with E-state index in [0.717, 1.165) is 28.0 Å². The van der Waals surface area contributed by atoms with Crippen LogP contribution in [-0.2, 0) is 19.3 Å². The Morgan fingerprint density at radius 2 is 1.92 bits per heavy atom. The number of halogens is 4. The highest BCUT2D eigenvalue weighted by molar-refractivity contribution is 14.0. The Bertz CT molecular complexity index is 706. The van der Waals surface area contributed by atoms with Gasteiger partial charge < -0.3 is 15.4 Å². The molecule has 1 aromatic heterocycles. The molecule has 1 aromatic carbocycles. The van der Waals surface area contributed by atoms with Crippen LogP contribution in [0, 0.1) is 0 Å². The molecule has 1 heterocycles. The first-order chi connectivity index (χ1) is 11.4. The SMILES string of the molecule is CN=C(NCc1nc(C(F)(F)F)cs1)NCc1ccccc1OC.I. The summed E-state index contributed by atoms with van der Waals surface area (Å²) in [5, 5.41) is 7.36. The Kier molecular flexibility index (Phi) is 8.42. The third kappa shape index (κ3) is 6.34. The lowest BCUT2D eigenvalue weighted by atomic mass is 10.2. The van der Waals surface area contributed by atoms with Gasteiger partial charge in [-0.15, -0.1) is 35.3 Å². The highest BCUT2D eigenvalue weighted by Gasteiger charge is 2.33. The Labute approximate surface area is 164 Å². The maximum atomic E-state index is 12.5. The fraction of sp³-hybridized carbons (Fsp3) is 0.333. The van der Waals surface area contributed by atoms with E-state index in [0.29, 0.717) is 17.5 Å². The predicted octanol–water partition coefficient (Wildman–Crippen LogP) is 3.65. The van der Waals surface area contributed by atoms with Crippen molar-refractivity contribution >= 4 is 41.3 Å². The normalized spacial score (nSPS) is 11.6. The first-order valence-corrected chi connectivity index (χ1v) is 7.90. The molecule has 5 nitrogen and oxygen atoms in total. The molecule has 0 aliphatic rings. The molecule has 0 saturated carbocycles. The molecule has 138 valence electrons. The van der Waals surface area contributed by atoms with E-state index < -0.39 is 11.9 Å². The Hall–Kier alpha value is -1.56. The summed E-state index contributed by atoms with van der Waals surface area (Å²) in [6.45, 7) is 0.627. The van der Waals surface area contributed by atoms with E-state index in [9.17, 15) is 13.2 Å². The second-order valence-corrected chi connectivity index (χ2v) is 5.66. The van der Waals surface area contributed by atoms with Gasteiger partial charge in [0.15, 0.2) is 11.7 Å². The summed E-state index contributed by atoms with van der Waals surface area (Å²) in [7, 11) is 3.17. The minimum Gasteiger partial charge on any atom is -0.496 e. The van der Waals surface area contributed by atoms with Crippen LogP contribution in [-0.4, -0.2) is 25.1 Å². The Morgan fingerprint density at radius 3 is 2.52 bits per heavy atom. The van der Waals surface area contributed by atoms with Gasteiger partial charge in [0, 0.05) is 24.5 Å². The topological polar surface area (TPSA) is 58.5 Å². The van der Waals surface area contributed by atoms with Gasteiger partial charge in [-0.05, 0) is 6.07 Å². The van der Waals surface area contributed by atoms with Crippen molar-refractivity contribution in [1.29, 1.82) is 0 Å². The zero-order valence-electron chi connectivity index (χ0n) is 13.6. The number of rotatable bonds is 5. The Balaban J connectivity index is 0.00000312. The fourth-order valence-corrected chi connectivity index (χ4v) is 2.67. The number of ether oxygens (including phenoxy) is 1. The molecule has 25 heavy (non-hydrogen) atoms. The van der Waals surface area contributed by atoms with Gasteiger partial charge in [0.2, 0.25) is 0 Å². The van der Waals surface area contributed by atoms with Gasteiger partial charge in [-0.2, -0.15) is 13.2 Å². The number of aromatic nitrogens is 1. The highest BCUT2D eigenvalue weighted by Crippen LogP contribution is 2.29. The van der Waals surface area contributed by atoms with E-state index >= 15 is 0 Å². The summed E-state index contributed by atoms with van der Waals surface area (Å²) < 4.78 is 42.8. The molecule has 0 radical (unpaired) electrons. The van der Waals surface area contributed by atoms with Crippen LogP contribution in [0.5, 0.6) is 5.75 Å². The first kappa shape index (κ1) is 21.5. The number of guanidine groups is 1. The van der Waals surface area contributed by atoms with Gasteiger partial charge in [0.1, 0.15) is 10.8 Å². The van der Waals surface area contributed by atoms with Crippen LogP contribution in [0.15, 0.2) is 34.6 Å². The van der Waals surface area contributed by atoms with Crippen molar-refractivity contribution in [1.82, 2.24) is 15.6 Å². The largest absolute Gasteiger partial charge is 0.496 e. The van der Waals surface area contributed by atoms with Crippen molar-refractivity contribution in [3.63, 3.8) is 0 Å². The second-order valence-electron chi connectivity index (χ2n) is 4.72. The highest BCUT2D eigenvalue weighted by atomic mass is 127. The lowest BCUT2D eigenvalue weighted by Gasteiger charge is -2.13. The third-order valence-electron chi connectivity index (χ3n) is 3.11. The summed E-state index contributed by atoms with van der Waals surface area (Å²) in [6, 6.07) is 7.52. The zero-order valence-corrected chi connectivity index (χ0v) is 16.7. The number of nitrogens with zero attached hydrogens (tertiary/aromatic N) is 2. The second kappa shape index (κ2) is 9.80. The van der Waals surface area contributed by atoms with Crippen LogP contribution < -0.4 is 15.4 Å². The number of methoxy groups -OCH3 is 1. The van der Waals surface area contributed by atoms with Gasteiger partial charge in [-0.3, -0.25) is 4.99 Å². The maximum absolute atomic E-state index is 12.5. The van der Waals surface area contributed by atoms with Crippen LogP contribution >= 0.6 is 35.3 Å². The molecule has 2 N–H and O–H groups in total. The average molecular weight is 486 g/mol. The van der Waals surface area contributed by atoms with E-state index in [1.165, 1.54) is 0 Å². The summed E-state index contributed by atoms with van der Waals surface area (Å²) in [5.74, 6) is 1.21. The van der Waals surface area contributed by atoms with E-state index in [-0.39, 0.29) is 30.5 Å². The third-order valence-corrected chi connectivity index (χ3v) is 3.96. The number of nitrogens with one attached hydrogen (secondary N) is 2. The molecule has 0 amide bonds. The maximum Gasteiger partial charge on any atom is 0.434 e. The number of thiazole rings is 1. The molecule has 10 heteroatoms. The van der Waals surface area contributed by atoms with Crippen molar-refractivity contribution in [3.8, 4) is 5.75 Å². The molecule has 2 rings (SSSR count). The van der Waals surface area contributed by atoms with Crippen molar-refractivity contribution in [3.05, 3.63) is 45.9 Å². The molecule has 0 atom stereocenters. The number of benzene rings is 1. The molecule has 2 aromatic rings. The monoisotopic (exact) mass is 486 g/mol. The lowest BCUT2D eigenvalue weighted by Crippen LogP contribution is -2.36. The fourth-order valence-electron chi connectivity index (χ4n) is 1.93. The molecule has 0 unspecified atom stereocenters. The first-order valence-electron chi connectivity index (χ1n) is 7.02. The number of aliphatic imine (C=N–C) groups is 1. The molecule has 0 fully saturated rings. The van der Waals surface area contributed by atoms with E-state index in [1.807, 2.05) is 24.3 Å². The van der Waals surface area contributed by atoms with Crippen molar-refractivity contribution in [2.24, 2.45) is 4.99 Å². The summed E-state index contributed by atoms with van der Waals surface area (Å²) in [4.78, 5) is 7.60. The van der Waals surface area contributed by atoms with E-state index in [2.05, 4.69) is 20.6 Å². The van der Waals surface area contributed by atoms with Gasteiger partial charge in [0.05, 0.1) is 13.7 Å². The standard InChI is InChI=1S/C15H17F3N4OS.HI/c1-19-14(20-7-10-5-3-4-6-11(10)23-2)21-8-13-22-12(9-24-13)15(16,17)18;/h3-6,9H,7-8H2,1-2H3,(H2,19,20,21);1H. The number of hydrogen-bond acceptors (Lipinski definition) is 4. The van der Waals surface area contributed by atoms with Gasteiger partial charge in [-0.25, -0.2) is 4.98 Å². The van der Waals surface area contributed by atoms with Crippen LogP contribution in [0.25, 0.3) is 0 Å². The summed E-state index contributed by atoms with van der Waals surface area (Å²) in [5.41, 5.74) is 0.0674. The number of para-hydroxylation sites is 1. The smallest absolute Gasteiger partial charge is 0.434 e. The molecule has 0 saturated heterocycles. The van der Waals surface area contributed by atoms with Crippen LogP contribution in [0.2, 0.25) is 0 Å². The molecule has 0 aliphatic heterocycles. The molecular weight excluding hydrogens is 468 g/mol. The zero-order chi connectivity index (χ0) is 17.6. The minimum absolute atomic E-state index is 0. The molecule has 0 spiro atoms. The summed E-state index contributed by atoms with van der Waals surface area (Å²) >= 11 is 0.953.